The van der Waals surface area contributed by atoms with Crippen molar-refractivity contribution in [3.8, 4) is 0 Å². The molecule has 5 rings (SSSR count). The third-order valence-electron chi connectivity index (χ3n) is 6.33. The third-order valence-corrected chi connectivity index (χ3v) is 7.23. The van der Waals surface area contributed by atoms with Crippen LogP contribution in [0.25, 0.3) is 0 Å². The molecule has 1 amide bonds. The van der Waals surface area contributed by atoms with Gasteiger partial charge in [0, 0.05) is 37.4 Å². The second-order valence-electron chi connectivity index (χ2n) is 7.92. The van der Waals surface area contributed by atoms with Crippen LogP contribution in [0.15, 0.2) is 48.8 Å². The Balaban J connectivity index is 1.39. The summed E-state index contributed by atoms with van der Waals surface area (Å²) < 4.78 is 0. The van der Waals surface area contributed by atoms with E-state index in [1.54, 1.807) is 29.8 Å². The van der Waals surface area contributed by atoms with Crippen molar-refractivity contribution < 1.29 is 9.90 Å². The number of anilines is 1. The molecule has 3 aromatic rings. The van der Waals surface area contributed by atoms with Crippen molar-refractivity contribution in [1.29, 1.82) is 0 Å². The fourth-order valence-electron chi connectivity index (χ4n) is 4.93. The molecule has 0 unspecified atom stereocenters. The van der Waals surface area contributed by atoms with E-state index in [9.17, 15) is 9.90 Å². The highest BCUT2D eigenvalue weighted by Crippen LogP contribution is 2.69. The van der Waals surface area contributed by atoms with Crippen LogP contribution in [0.1, 0.15) is 26.8 Å². The molecule has 2 aliphatic rings. The molecule has 29 heavy (non-hydrogen) atoms. The van der Waals surface area contributed by atoms with E-state index in [0.717, 1.165) is 10.1 Å². The Kier molecular flexibility index (Phi) is 4.40. The van der Waals surface area contributed by atoms with Crippen LogP contribution in [0.2, 0.25) is 0 Å². The van der Waals surface area contributed by atoms with Crippen LogP contribution in [0.3, 0.4) is 0 Å². The first kappa shape index (κ1) is 18.3. The van der Waals surface area contributed by atoms with Crippen LogP contribution in [0, 0.1) is 18.3 Å². The molecule has 8 heteroatoms. The Morgan fingerprint density at radius 2 is 2.17 bits per heavy atom. The number of aromatic amines is 1. The van der Waals surface area contributed by atoms with Gasteiger partial charge < -0.3 is 20.3 Å². The summed E-state index contributed by atoms with van der Waals surface area (Å²) in [5, 5.41) is 24.3. The number of rotatable bonds is 5. The standard InChI is InChI=1S/C21H23N5O2S/c1-13-24-25-20(29-13)26-11-17(27)21(12-26)16(18(21)14-5-3-2-4-6-14)10-23-19(28)15-7-8-22-9-15/h2-9,16-18,22,27H,10-12H2,1H3,(H,23,28)/t16-,17-,18-,21-/m1/s1. The first-order chi connectivity index (χ1) is 14.1. The fourth-order valence-corrected chi connectivity index (χ4v) is 5.63. The van der Waals surface area contributed by atoms with Crippen LogP contribution in [-0.2, 0) is 0 Å². The number of aryl methyl sites for hydroxylation is 1. The van der Waals surface area contributed by atoms with Gasteiger partial charge in [-0.2, -0.15) is 0 Å². The molecule has 1 aromatic carbocycles. The van der Waals surface area contributed by atoms with Crippen LogP contribution in [-0.4, -0.2) is 51.9 Å². The lowest BCUT2D eigenvalue weighted by Crippen LogP contribution is -2.30. The summed E-state index contributed by atoms with van der Waals surface area (Å²) in [7, 11) is 0. The lowest BCUT2D eigenvalue weighted by atomic mass is 9.95. The minimum absolute atomic E-state index is 0.0933. The maximum absolute atomic E-state index is 12.4. The van der Waals surface area contributed by atoms with E-state index in [2.05, 4.69) is 37.5 Å². The maximum atomic E-state index is 12.4. The number of carbonyl (C=O) groups excluding carboxylic acids is 1. The topological polar surface area (TPSA) is 94.1 Å². The molecular weight excluding hydrogens is 386 g/mol. The third kappa shape index (κ3) is 3.03. The molecule has 1 saturated heterocycles. The van der Waals surface area contributed by atoms with E-state index in [0.29, 0.717) is 25.2 Å². The van der Waals surface area contributed by atoms with Crippen molar-refractivity contribution in [1.82, 2.24) is 20.5 Å². The molecule has 7 nitrogen and oxygen atoms in total. The highest BCUT2D eigenvalue weighted by molar-refractivity contribution is 7.15. The average Bonchev–Trinajstić information content (AvgIpc) is 3.20. The van der Waals surface area contributed by atoms with Gasteiger partial charge >= 0.3 is 0 Å². The number of aromatic nitrogens is 3. The summed E-state index contributed by atoms with van der Waals surface area (Å²) in [6.07, 6.45) is 2.95. The number of aliphatic hydroxyl groups excluding tert-OH is 1. The Hall–Kier alpha value is -2.71. The zero-order chi connectivity index (χ0) is 20.0. The summed E-state index contributed by atoms with van der Waals surface area (Å²) in [5.74, 6) is 0.273. The first-order valence-corrected chi connectivity index (χ1v) is 10.6. The van der Waals surface area contributed by atoms with Gasteiger partial charge in [-0.25, -0.2) is 0 Å². The molecular formula is C21H23N5O2S. The predicted molar refractivity (Wildman–Crippen MR) is 111 cm³/mol. The Morgan fingerprint density at radius 3 is 2.86 bits per heavy atom. The zero-order valence-corrected chi connectivity index (χ0v) is 16.9. The second-order valence-corrected chi connectivity index (χ2v) is 9.08. The number of H-pyrrole nitrogens is 1. The Labute approximate surface area is 172 Å². The number of benzene rings is 1. The number of hydrogen-bond donors (Lipinski definition) is 3. The SMILES string of the molecule is Cc1nnc(N2C[C@@H](O)[C@@]3(C2)[C@H](CNC(=O)c2cc[nH]c2)[C@H]3c2ccccc2)s1. The van der Waals surface area contributed by atoms with E-state index < -0.39 is 6.10 Å². The highest BCUT2D eigenvalue weighted by Gasteiger charge is 2.71. The summed E-state index contributed by atoms with van der Waals surface area (Å²) in [4.78, 5) is 17.5. The summed E-state index contributed by atoms with van der Waals surface area (Å²) in [5.41, 5.74) is 1.54. The van der Waals surface area contributed by atoms with Gasteiger partial charge in [0.1, 0.15) is 5.01 Å². The van der Waals surface area contributed by atoms with Crippen LogP contribution in [0.5, 0.6) is 0 Å². The molecule has 1 aliphatic heterocycles. The minimum atomic E-state index is -0.480. The molecule has 1 aliphatic carbocycles. The fraction of sp³-hybridized carbons (Fsp3) is 0.381. The van der Waals surface area contributed by atoms with E-state index in [1.807, 2.05) is 25.1 Å². The van der Waals surface area contributed by atoms with Gasteiger partial charge in [-0.15, -0.1) is 10.2 Å². The number of nitrogens with one attached hydrogen (secondary N) is 2. The van der Waals surface area contributed by atoms with Crippen molar-refractivity contribution in [2.75, 3.05) is 24.5 Å². The second kappa shape index (κ2) is 6.96. The van der Waals surface area contributed by atoms with Gasteiger partial charge in [0.25, 0.3) is 5.91 Å². The van der Waals surface area contributed by atoms with Crippen LogP contribution in [0.4, 0.5) is 5.13 Å². The highest BCUT2D eigenvalue weighted by atomic mass is 32.1. The van der Waals surface area contributed by atoms with Crippen molar-refractivity contribution in [3.05, 3.63) is 64.9 Å². The van der Waals surface area contributed by atoms with Gasteiger partial charge in [0.05, 0.1) is 11.7 Å². The van der Waals surface area contributed by atoms with Crippen LogP contribution >= 0.6 is 11.3 Å². The van der Waals surface area contributed by atoms with Crippen molar-refractivity contribution in [2.45, 2.75) is 18.9 Å². The van der Waals surface area contributed by atoms with E-state index in [-0.39, 0.29) is 23.2 Å². The zero-order valence-electron chi connectivity index (χ0n) is 16.1. The van der Waals surface area contributed by atoms with Gasteiger partial charge in [-0.05, 0) is 30.4 Å². The summed E-state index contributed by atoms with van der Waals surface area (Å²) >= 11 is 1.55. The molecule has 2 aromatic heterocycles. The van der Waals surface area contributed by atoms with Crippen molar-refractivity contribution in [3.63, 3.8) is 0 Å². The predicted octanol–water partition coefficient (Wildman–Crippen LogP) is 2.19. The Bertz CT molecular complexity index is 1010. The number of carbonyl (C=O) groups is 1. The molecule has 2 fully saturated rings. The molecule has 1 spiro atoms. The number of aliphatic hydroxyl groups is 1. The molecule has 1 saturated carbocycles. The van der Waals surface area contributed by atoms with E-state index in [4.69, 9.17) is 0 Å². The van der Waals surface area contributed by atoms with Crippen molar-refractivity contribution in [2.24, 2.45) is 11.3 Å². The number of nitrogens with zero attached hydrogens (tertiary/aromatic N) is 3. The molecule has 0 radical (unpaired) electrons. The first-order valence-electron chi connectivity index (χ1n) is 9.78. The Morgan fingerprint density at radius 1 is 1.34 bits per heavy atom. The molecule has 150 valence electrons. The largest absolute Gasteiger partial charge is 0.391 e. The maximum Gasteiger partial charge on any atom is 0.252 e. The van der Waals surface area contributed by atoms with Gasteiger partial charge in [-0.3, -0.25) is 4.79 Å². The minimum Gasteiger partial charge on any atom is -0.391 e. The lowest BCUT2D eigenvalue weighted by molar-refractivity contribution is 0.0939. The van der Waals surface area contributed by atoms with Gasteiger partial charge in [0.15, 0.2) is 0 Å². The van der Waals surface area contributed by atoms with Crippen molar-refractivity contribution >= 4 is 22.4 Å². The van der Waals surface area contributed by atoms with Gasteiger partial charge in [-0.1, -0.05) is 41.7 Å². The smallest absolute Gasteiger partial charge is 0.252 e. The number of hydrogen-bond acceptors (Lipinski definition) is 6. The monoisotopic (exact) mass is 409 g/mol. The molecule has 3 N–H and O–H groups in total. The van der Waals surface area contributed by atoms with E-state index in [1.165, 1.54) is 5.56 Å². The van der Waals surface area contributed by atoms with Gasteiger partial charge in [0.2, 0.25) is 5.13 Å². The summed E-state index contributed by atoms with van der Waals surface area (Å²) in [6, 6.07) is 12.1. The number of β-amino-alcohol motifs (C(OH)–C–C–N with tert-alkyl or cyclic N) is 1. The normalized spacial score (nSPS) is 28.1. The lowest BCUT2D eigenvalue weighted by Gasteiger charge is -2.15. The summed E-state index contributed by atoms with van der Waals surface area (Å²) in [6.45, 7) is 3.73. The molecule has 4 atom stereocenters. The molecule has 3 heterocycles. The quantitative estimate of drug-likeness (QED) is 0.601. The number of amides is 1. The van der Waals surface area contributed by atoms with E-state index >= 15 is 0 Å². The average molecular weight is 410 g/mol. The van der Waals surface area contributed by atoms with Crippen LogP contribution < -0.4 is 10.2 Å². The molecule has 0 bridgehead atoms.